The number of nitrogens with one attached hydrogen (secondary N) is 2. The zero-order chi connectivity index (χ0) is 15.7. The molecule has 1 aromatic rings. The van der Waals surface area contributed by atoms with Gasteiger partial charge in [0.05, 0.1) is 6.61 Å². The minimum atomic E-state index is -0.0728. The van der Waals surface area contributed by atoms with E-state index in [1.54, 1.807) is 7.11 Å². The number of nitrogens with two attached hydrogens (primary N) is 1. The summed E-state index contributed by atoms with van der Waals surface area (Å²) in [5, 5.41) is 5.78. The van der Waals surface area contributed by atoms with E-state index in [-0.39, 0.29) is 35.9 Å². The number of methoxy groups -OCH3 is 1. The Morgan fingerprint density at radius 1 is 1.36 bits per heavy atom. The molecule has 0 aromatic heterocycles. The lowest BCUT2D eigenvalue weighted by Gasteiger charge is -2.13. The summed E-state index contributed by atoms with van der Waals surface area (Å²) in [6.45, 7) is 4.66. The lowest BCUT2D eigenvalue weighted by atomic mass is 10.1. The number of amides is 1. The molecule has 0 aliphatic rings. The van der Waals surface area contributed by atoms with Gasteiger partial charge in [-0.05, 0) is 31.0 Å². The van der Waals surface area contributed by atoms with Gasteiger partial charge < -0.3 is 21.1 Å². The van der Waals surface area contributed by atoms with E-state index in [2.05, 4.69) is 15.6 Å². The first-order valence-electron chi connectivity index (χ1n) is 6.93. The first-order valence-corrected chi connectivity index (χ1v) is 6.93. The zero-order valence-corrected chi connectivity index (χ0v) is 15.6. The van der Waals surface area contributed by atoms with Crippen LogP contribution in [0, 0.1) is 0 Å². The molecule has 7 heteroatoms. The van der Waals surface area contributed by atoms with Gasteiger partial charge in [-0.15, -0.1) is 24.0 Å². The maximum absolute atomic E-state index is 10.9. The highest BCUT2D eigenvalue weighted by Crippen LogP contribution is 2.09. The van der Waals surface area contributed by atoms with E-state index in [9.17, 15) is 4.79 Å². The third kappa shape index (κ3) is 8.83. The molecule has 0 bridgehead atoms. The van der Waals surface area contributed by atoms with Gasteiger partial charge in [0.2, 0.25) is 5.91 Å². The molecule has 0 fully saturated rings. The summed E-state index contributed by atoms with van der Waals surface area (Å²) < 4.78 is 5.01. The van der Waals surface area contributed by atoms with Gasteiger partial charge in [0.1, 0.15) is 0 Å². The molecular weight excluding hydrogens is 395 g/mol. The number of nitrogens with zero attached hydrogens (tertiary/aromatic N) is 1. The number of aliphatic imine (C=N–C) groups is 1. The van der Waals surface area contributed by atoms with Crippen molar-refractivity contribution in [2.45, 2.75) is 26.3 Å². The van der Waals surface area contributed by atoms with Crippen LogP contribution in [-0.4, -0.2) is 38.2 Å². The van der Waals surface area contributed by atoms with Gasteiger partial charge in [-0.3, -0.25) is 9.79 Å². The molecule has 0 saturated carbocycles. The van der Waals surface area contributed by atoms with Gasteiger partial charge in [-0.25, -0.2) is 0 Å². The van der Waals surface area contributed by atoms with Crippen molar-refractivity contribution in [1.82, 2.24) is 5.32 Å². The van der Waals surface area contributed by atoms with E-state index in [4.69, 9.17) is 10.5 Å². The fourth-order valence-electron chi connectivity index (χ4n) is 1.85. The summed E-state index contributed by atoms with van der Waals surface area (Å²) in [6.07, 6.45) is 0.793. The molecule has 0 heterocycles. The molecule has 1 aromatic carbocycles. The third-order valence-electron chi connectivity index (χ3n) is 2.77. The number of benzene rings is 1. The maximum Gasteiger partial charge on any atom is 0.221 e. The van der Waals surface area contributed by atoms with Crippen LogP contribution in [0.15, 0.2) is 29.3 Å². The molecule has 0 aliphatic heterocycles. The fourth-order valence-corrected chi connectivity index (χ4v) is 1.85. The Bertz CT molecular complexity index is 477. The first kappa shape index (κ1) is 20.6. The number of ether oxygens (including phenoxy) is 1. The maximum atomic E-state index is 10.9. The van der Waals surface area contributed by atoms with Crippen molar-refractivity contribution in [3.8, 4) is 0 Å². The van der Waals surface area contributed by atoms with Gasteiger partial charge in [-0.1, -0.05) is 12.1 Å². The Kier molecular flexibility index (Phi) is 10.6. The van der Waals surface area contributed by atoms with Crippen LogP contribution in [0.2, 0.25) is 0 Å². The van der Waals surface area contributed by atoms with Crippen LogP contribution in [0.1, 0.15) is 19.4 Å². The molecule has 0 radical (unpaired) electrons. The molecule has 124 valence electrons. The molecule has 6 nitrogen and oxygen atoms in total. The van der Waals surface area contributed by atoms with Crippen LogP contribution >= 0.6 is 24.0 Å². The predicted octanol–water partition coefficient (Wildman–Crippen LogP) is 1.74. The quantitative estimate of drug-likeness (QED) is 0.356. The number of carbonyl (C=O) groups excluding carboxylic acids is 1. The van der Waals surface area contributed by atoms with Crippen molar-refractivity contribution in [1.29, 1.82) is 0 Å². The van der Waals surface area contributed by atoms with E-state index < -0.39 is 0 Å². The Hall–Kier alpha value is -1.35. The summed E-state index contributed by atoms with van der Waals surface area (Å²) in [6, 6.07) is 7.83. The molecule has 0 aliphatic carbocycles. The molecular formula is C15H25IN4O2. The standard InChI is InChI=1S/C15H24N4O2.HI/c1-11(10-21-3)18-15(16)17-9-8-13-4-6-14(7-5-13)19-12(2)20;/h4-7,11H,8-10H2,1-3H3,(H,19,20)(H3,16,17,18);1H. The van der Waals surface area contributed by atoms with Crippen molar-refractivity contribution < 1.29 is 9.53 Å². The first-order chi connectivity index (χ1) is 10.0. The van der Waals surface area contributed by atoms with E-state index >= 15 is 0 Å². The van der Waals surface area contributed by atoms with Crippen molar-refractivity contribution in [2.24, 2.45) is 10.7 Å². The number of halogens is 1. The molecule has 0 spiro atoms. The molecule has 0 saturated heterocycles. The topological polar surface area (TPSA) is 88.7 Å². The normalized spacial score (nSPS) is 12.2. The molecule has 22 heavy (non-hydrogen) atoms. The lowest BCUT2D eigenvalue weighted by molar-refractivity contribution is -0.114. The molecule has 4 N–H and O–H groups in total. The van der Waals surface area contributed by atoms with Crippen molar-refractivity contribution >= 4 is 41.5 Å². The molecule has 1 rings (SSSR count). The van der Waals surface area contributed by atoms with Crippen molar-refractivity contribution in [3.05, 3.63) is 29.8 Å². The largest absolute Gasteiger partial charge is 0.383 e. The Morgan fingerprint density at radius 3 is 2.55 bits per heavy atom. The number of rotatable bonds is 7. The second kappa shape index (κ2) is 11.2. The second-order valence-corrected chi connectivity index (χ2v) is 4.90. The van der Waals surface area contributed by atoms with E-state index in [1.807, 2.05) is 31.2 Å². The van der Waals surface area contributed by atoms with Crippen LogP contribution < -0.4 is 16.4 Å². The summed E-state index contributed by atoms with van der Waals surface area (Å²) in [5.41, 5.74) is 7.72. The van der Waals surface area contributed by atoms with Gasteiger partial charge in [0.15, 0.2) is 5.96 Å². The van der Waals surface area contributed by atoms with Crippen LogP contribution in [0.5, 0.6) is 0 Å². The van der Waals surface area contributed by atoms with Gasteiger partial charge in [-0.2, -0.15) is 0 Å². The smallest absolute Gasteiger partial charge is 0.221 e. The zero-order valence-electron chi connectivity index (χ0n) is 13.3. The summed E-state index contributed by atoms with van der Waals surface area (Å²) in [5.74, 6) is 0.353. The number of carbonyl (C=O) groups is 1. The summed E-state index contributed by atoms with van der Waals surface area (Å²) in [7, 11) is 1.65. The summed E-state index contributed by atoms with van der Waals surface area (Å²) in [4.78, 5) is 15.2. The van der Waals surface area contributed by atoms with Crippen LogP contribution in [0.25, 0.3) is 0 Å². The Labute approximate surface area is 148 Å². The van der Waals surface area contributed by atoms with E-state index in [1.165, 1.54) is 6.92 Å². The van der Waals surface area contributed by atoms with Gasteiger partial charge >= 0.3 is 0 Å². The van der Waals surface area contributed by atoms with E-state index in [0.717, 1.165) is 17.7 Å². The highest BCUT2D eigenvalue weighted by Gasteiger charge is 2.01. The van der Waals surface area contributed by atoms with Crippen LogP contribution in [0.4, 0.5) is 5.69 Å². The average molecular weight is 420 g/mol. The van der Waals surface area contributed by atoms with Gasteiger partial charge in [0.25, 0.3) is 0 Å². The minimum absolute atomic E-state index is 0. The van der Waals surface area contributed by atoms with Crippen LogP contribution in [0.3, 0.4) is 0 Å². The Morgan fingerprint density at radius 2 is 2.00 bits per heavy atom. The predicted molar refractivity (Wildman–Crippen MR) is 101 cm³/mol. The fraction of sp³-hybridized carbons (Fsp3) is 0.467. The van der Waals surface area contributed by atoms with Crippen LogP contribution in [-0.2, 0) is 16.0 Å². The molecule has 1 amide bonds. The van der Waals surface area contributed by atoms with E-state index in [0.29, 0.717) is 19.1 Å². The minimum Gasteiger partial charge on any atom is -0.383 e. The summed E-state index contributed by atoms with van der Waals surface area (Å²) >= 11 is 0. The number of guanidine groups is 1. The van der Waals surface area contributed by atoms with Gasteiger partial charge in [0, 0.05) is 32.3 Å². The van der Waals surface area contributed by atoms with Crippen molar-refractivity contribution in [3.63, 3.8) is 0 Å². The molecule has 1 unspecified atom stereocenters. The average Bonchev–Trinajstić information content (AvgIpc) is 2.40. The lowest BCUT2D eigenvalue weighted by Crippen LogP contribution is -2.40. The number of hydrogen-bond acceptors (Lipinski definition) is 3. The highest BCUT2D eigenvalue weighted by atomic mass is 127. The third-order valence-corrected chi connectivity index (χ3v) is 2.77. The highest BCUT2D eigenvalue weighted by molar-refractivity contribution is 14.0. The number of hydrogen-bond donors (Lipinski definition) is 3. The number of anilines is 1. The molecule has 1 atom stereocenters. The van der Waals surface area contributed by atoms with Crippen molar-refractivity contribution in [2.75, 3.05) is 25.6 Å². The monoisotopic (exact) mass is 420 g/mol. The SMILES string of the molecule is COCC(C)NC(N)=NCCc1ccc(NC(C)=O)cc1.I. The Balaban J connectivity index is 0.00000441. The second-order valence-electron chi connectivity index (χ2n) is 4.90.